The number of aromatic nitrogens is 2. The normalized spacial score (nSPS) is 11.9. The van der Waals surface area contributed by atoms with Crippen molar-refractivity contribution in [2.75, 3.05) is 12.8 Å². The van der Waals surface area contributed by atoms with Gasteiger partial charge in [0.2, 0.25) is 11.8 Å². The summed E-state index contributed by atoms with van der Waals surface area (Å²) < 4.78 is 0. The van der Waals surface area contributed by atoms with Gasteiger partial charge in [0.15, 0.2) is 5.16 Å². The molecule has 6 nitrogen and oxygen atoms in total. The minimum atomic E-state index is -0.523. The van der Waals surface area contributed by atoms with Crippen molar-refractivity contribution in [3.8, 4) is 0 Å². The van der Waals surface area contributed by atoms with Crippen molar-refractivity contribution >= 4 is 23.6 Å². The predicted molar refractivity (Wildman–Crippen MR) is 87.9 cm³/mol. The molecule has 0 aliphatic heterocycles. The lowest BCUT2D eigenvalue weighted by Crippen LogP contribution is -2.44. The molecule has 122 valence electrons. The number of rotatable bonds is 7. The SMILES string of the molecule is CCNC(=O)[C@@H](C)NC(=O)CCc1c(C)nc(SC)nc1C. The zero-order valence-corrected chi connectivity index (χ0v) is 14.6. The molecule has 2 N–H and O–H groups in total. The van der Waals surface area contributed by atoms with E-state index in [1.54, 1.807) is 6.92 Å². The third kappa shape index (κ3) is 5.29. The summed E-state index contributed by atoms with van der Waals surface area (Å²) in [7, 11) is 0. The van der Waals surface area contributed by atoms with Crippen molar-refractivity contribution in [2.24, 2.45) is 0 Å². The Bertz CT molecular complexity index is 525. The van der Waals surface area contributed by atoms with E-state index >= 15 is 0 Å². The highest BCUT2D eigenvalue weighted by Gasteiger charge is 2.15. The maximum absolute atomic E-state index is 11.9. The van der Waals surface area contributed by atoms with Gasteiger partial charge in [0, 0.05) is 24.4 Å². The smallest absolute Gasteiger partial charge is 0.242 e. The molecular formula is C15H24N4O2S. The van der Waals surface area contributed by atoms with E-state index in [0.29, 0.717) is 19.4 Å². The molecule has 0 radical (unpaired) electrons. The molecule has 0 fully saturated rings. The van der Waals surface area contributed by atoms with Gasteiger partial charge in [0.1, 0.15) is 6.04 Å². The zero-order valence-electron chi connectivity index (χ0n) is 13.8. The first-order chi connectivity index (χ1) is 10.4. The molecule has 1 heterocycles. The van der Waals surface area contributed by atoms with Crippen LogP contribution in [-0.2, 0) is 16.0 Å². The molecule has 1 atom stereocenters. The predicted octanol–water partition coefficient (Wildman–Crippen LogP) is 1.39. The standard InChI is InChI=1S/C15H24N4O2S/c1-6-16-14(21)11(4)17-13(20)8-7-12-9(2)18-15(22-5)19-10(12)3/h11H,6-8H2,1-5H3,(H,16,21)(H,17,20)/t11-/m1/s1. The third-order valence-corrected chi connectivity index (χ3v) is 3.85. The molecule has 0 aliphatic carbocycles. The first-order valence-corrected chi connectivity index (χ1v) is 8.56. The number of likely N-dealkylation sites (N-methyl/N-ethyl adjacent to an activating group) is 1. The molecule has 1 aromatic rings. The molecule has 0 bridgehead atoms. The Labute approximate surface area is 135 Å². The summed E-state index contributed by atoms with van der Waals surface area (Å²) in [6.07, 6.45) is 2.82. The van der Waals surface area contributed by atoms with E-state index in [1.165, 1.54) is 11.8 Å². The number of aryl methyl sites for hydroxylation is 2. The van der Waals surface area contributed by atoms with Crippen LogP contribution < -0.4 is 10.6 Å². The fraction of sp³-hybridized carbons (Fsp3) is 0.600. The molecule has 22 heavy (non-hydrogen) atoms. The van der Waals surface area contributed by atoms with Gasteiger partial charge in [0.05, 0.1) is 0 Å². The molecule has 0 aromatic carbocycles. The number of hydrogen-bond acceptors (Lipinski definition) is 5. The summed E-state index contributed by atoms with van der Waals surface area (Å²) in [5.74, 6) is -0.317. The molecular weight excluding hydrogens is 300 g/mol. The second-order valence-corrected chi connectivity index (χ2v) is 5.82. The van der Waals surface area contributed by atoms with E-state index in [9.17, 15) is 9.59 Å². The van der Waals surface area contributed by atoms with Crippen molar-refractivity contribution in [2.45, 2.75) is 51.7 Å². The summed E-state index contributed by atoms with van der Waals surface area (Å²) in [5.41, 5.74) is 2.81. The Balaban J connectivity index is 2.59. The Morgan fingerprint density at radius 1 is 1.23 bits per heavy atom. The van der Waals surface area contributed by atoms with Crippen LogP contribution in [0.4, 0.5) is 0 Å². The second kappa shape index (κ2) is 8.73. The summed E-state index contributed by atoms with van der Waals surface area (Å²) in [4.78, 5) is 32.3. The highest BCUT2D eigenvalue weighted by Crippen LogP contribution is 2.17. The molecule has 7 heteroatoms. The Morgan fingerprint density at radius 2 is 1.82 bits per heavy atom. The van der Waals surface area contributed by atoms with Gasteiger partial charge >= 0.3 is 0 Å². The third-order valence-electron chi connectivity index (χ3n) is 3.31. The van der Waals surface area contributed by atoms with E-state index in [2.05, 4.69) is 20.6 Å². The van der Waals surface area contributed by atoms with Crippen LogP contribution in [0, 0.1) is 13.8 Å². The van der Waals surface area contributed by atoms with Gasteiger partial charge in [-0.05, 0) is 45.9 Å². The molecule has 0 saturated carbocycles. The van der Waals surface area contributed by atoms with Crippen LogP contribution >= 0.6 is 11.8 Å². The van der Waals surface area contributed by atoms with E-state index in [0.717, 1.165) is 22.1 Å². The van der Waals surface area contributed by atoms with Crippen LogP contribution in [0.1, 0.15) is 37.2 Å². The number of carbonyl (C=O) groups excluding carboxylic acids is 2. The topological polar surface area (TPSA) is 84.0 Å². The van der Waals surface area contributed by atoms with Crippen LogP contribution in [0.25, 0.3) is 0 Å². The number of thioether (sulfide) groups is 1. The van der Waals surface area contributed by atoms with E-state index in [4.69, 9.17) is 0 Å². The quantitative estimate of drug-likeness (QED) is 0.585. The fourth-order valence-corrected chi connectivity index (χ4v) is 2.56. The van der Waals surface area contributed by atoms with Gasteiger partial charge in [-0.3, -0.25) is 9.59 Å². The van der Waals surface area contributed by atoms with Crippen molar-refractivity contribution in [1.82, 2.24) is 20.6 Å². The van der Waals surface area contributed by atoms with Crippen molar-refractivity contribution in [3.05, 3.63) is 17.0 Å². The van der Waals surface area contributed by atoms with Crippen LogP contribution in [-0.4, -0.2) is 40.6 Å². The largest absolute Gasteiger partial charge is 0.355 e. The maximum atomic E-state index is 11.9. The molecule has 0 spiro atoms. The molecule has 0 saturated heterocycles. The number of nitrogens with zero attached hydrogens (tertiary/aromatic N) is 2. The van der Waals surface area contributed by atoms with Crippen LogP contribution in [0.15, 0.2) is 5.16 Å². The van der Waals surface area contributed by atoms with Crippen molar-refractivity contribution in [3.63, 3.8) is 0 Å². The van der Waals surface area contributed by atoms with Crippen LogP contribution in [0.5, 0.6) is 0 Å². The Hall–Kier alpha value is -1.63. The fourth-order valence-electron chi connectivity index (χ4n) is 2.11. The Morgan fingerprint density at radius 3 is 2.32 bits per heavy atom. The lowest BCUT2D eigenvalue weighted by atomic mass is 10.1. The van der Waals surface area contributed by atoms with E-state index < -0.39 is 6.04 Å². The molecule has 1 rings (SSSR count). The number of hydrogen-bond donors (Lipinski definition) is 2. The number of amides is 2. The highest BCUT2D eigenvalue weighted by atomic mass is 32.2. The van der Waals surface area contributed by atoms with Crippen molar-refractivity contribution < 1.29 is 9.59 Å². The zero-order chi connectivity index (χ0) is 16.7. The van der Waals surface area contributed by atoms with Gasteiger partial charge in [-0.25, -0.2) is 9.97 Å². The molecule has 0 aliphatic rings. The second-order valence-electron chi connectivity index (χ2n) is 5.04. The Kier molecular flexibility index (Phi) is 7.31. The summed E-state index contributed by atoms with van der Waals surface area (Å²) >= 11 is 1.50. The maximum Gasteiger partial charge on any atom is 0.242 e. The highest BCUT2D eigenvalue weighted by molar-refractivity contribution is 7.98. The first kappa shape index (κ1) is 18.4. The van der Waals surface area contributed by atoms with Crippen molar-refractivity contribution in [1.29, 1.82) is 0 Å². The summed E-state index contributed by atoms with van der Waals surface area (Å²) in [6, 6.07) is -0.523. The van der Waals surface area contributed by atoms with Crippen LogP contribution in [0.3, 0.4) is 0 Å². The lowest BCUT2D eigenvalue weighted by Gasteiger charge is -2.14. The summed E-state index contributed by atoms with van der Waals surface area (Å²) in [5, 5.41) is 6.12. The number of carbonyl (C=O) groups is 2. The monoisotopic (exact) mass is 324 g/mol. The minimum absolute atomic E-state index is 0.147. The van der Waals surface area contributed by atoms with E-state index in [1.807, 2.05) is 27.0 Å². The van der Waals surface area contributed by atoms with Gasteiger partial charge in [-0.1, -0.05) is 11.8 Å². The van der Waals surface area contributed by atoms with Gasteiger partial charge in [-0.15, -0.1) is 0 Å². The van der Waals surface area contributed by atoms with E-state index in [-0.39, 0.29) is 11.8 Å². The average molecular weight is 324 g/mol. The number of nitrogens with one attached hydrogen (secondary N) is 2. The lowest BCUT2D eigenvalue weighted by molar-refractivity contribution is -0.128. The molecule has 1 aromatic heterocycles. The van der Waals surface area contributed by atoms with Gasteiger partial charge in [0.25, 0.3) is 0 Å². The molecule has 2 amide bonds. The summed E-state index contributed by atoms with van der Waals surface area (Å²) in [6.45, 7) is 7.93. The van der Waals surface area contributed by atoms with Gasteiger partial charge < -0.3 is 10.6 Å². The first-order valence-electron chi connectivity index (χ1n) is 7.34. The molecule has 0 unspecified atom stereocenters. The minimum Gasteiger partial charge on any atom is -0.355 e. The van der Waals surface area contributed by atoms with Crippen LogP contribution in [0.2, 0.25) is 0 Å². The average Bonchev–Trinajstić information content (AvgIpc) is 2.46. The van der Waals surface area contributed by atoms with Gasteiger partial charge in [-0.2, -0.15) is 0 Å².